The molecule has 0 aromatic rings. The average Bonchev–Trinajstić information content (AvgIpc) is 3.49. The van der Waals surface area contributed by atoms with E-state index in [1.807, 2.05) is 0 Å². The maximum atomic E-state index is 13.0. The molecular formula is C66H128O17P2. The van der Waals surface area contributed by atoms with Crippen LogP contribution in [0.2, 0.25) is 0 Å². The third kappa shape index (κ3) is 58.2. The molecule has 0 bridgehead atoms. The number of phosphoric ester groups is 2. The van der Waals surface area contributed by atoms with Gasteiger partial charge in [0.1, 0.15) is 19.3 Å². The van der Waals surface area contributed by atoms with E-state index >= 15 is 0 Å². The third-order valence-electron chi connectivity index (χ3n) is 15.9. The minimum absolute atomic E-state index is 0.101. The van der Waals surface area contributed by atoms with Crippen molar-refractivity contribution in [2.24, 2.45) is 17.8 Å². The van der Waals surface area contributed by atoms with Crippen molar-refractivity contribution in [1.29, 1.82) is 0 Å². The van der Waals surface area contributed by atoms with Crippen LogP contribution in [0.15, 0.2) is 0 Å². The van der Waals surface area contributed by atoms with Crippen molar-refractivity contribution in [2.75, 3.05) is 39.6 Å². The number of ether oxygens (including phenoxy) is 4. The van der Waals surface area contributed by atoms with Gasteiger partial charge < -0.3 is 33.8 Å². The molecule has 85 heavy (non-hydrogen) atoms. The first-order valence-corrected chi connectivity index (χ1v) is 37.4. The van der Waals surface area contributed by atoms with Gasteiger partial charge in [-0.15, -0.1) is 0 Å². The second-order valence-electron chi connectivity index (χ2n) is 24.8. The standard InChI is InChI=1S/C66H128O17P2/c1-8-11-12-13-14-24-33-40-47-63(68)76-53-62(83-66(71)50-43-36-28-26-30-37-44-57(4)5)56-81-85(74,75)79-52-60(67)51-78-84(72,73)80-55-61(54-77-64(69)48-41-34-29-27-32-39-46-59(7)10-3)82-65(70)49-42-35-25-22-20-18-16-15-17-19-21-23-31-38-45-58(6)9-2/h57-62,67H,8-56H2,1-7H3,(H,72,73)(H,74,75)/t58?,59?,60-,61-,62-/m1/s1. The van der Waals surface area contributed by atoms with Gasteiger partial charge in [-0.1, -0.05) is 273 Å². The lowest BCUT2D eigenvalue weighted by Gasteiger charge is -2.21. The molecule has 4 unspecified atom stereocenters. The Balaban J connectivity index is 5.19. The summed E-state index contributed by atoms with van der Waals surface area (Å²) in [5.41, 5.74) is 0. The number of unbranched alkanes of at least 4 members (excludes halogenated alkanes) is 30. The van der Waals surface area contributed by atoms with Gasteiger partial charge in [-0.25, -0.2) is 9.13 Å². The Labute approximate surface area is 517 Å². The van der Waals surface area contributed by atoms with Gasteiger partial charge in [0.2, 0.25) is 0 Å². The zero-order valence-corrected chi connectivity index (χ0v) is 56.9. The molecule has 3 N–H and O–H groups in total. The number of esters is 4. The van der Waals surface area contributed by atoms with Gasteiger partial charge in [-0.05, 0) is 43.4 Å². The molecule has 0 spiro atoms. The number of hydrogen-bond acceptors (Lipinski definition) is 15. The largest absolute Gasteiger partial charge is 0.472 e. The van der Waals surface area contributed by atoms with Gasteiger partial charge in [0, 0.05) is 25.7 Å². The summed E-state index contributed by atoms with van der Waals surface area (Å²) < 4.78 is 68.0. The third-order valence-corrected chi connectivity index (χ3v) is 17.8. The molecule has 0 fully saturated rings. The number of phosphoric acid groups is 2. The number of aliphatic hydroxyl groups is 1. The second-order valence-corrected chi connectivity index (χ2v) is 27.7. The van der Waals surface area contributed by atoms with Crippen LogP contribution >= 0.6 is 15.6 Å². The van der Waals surface area contributed by atoms with E-state index in [4.69, 9.17) is 37.0 Å². The van der Waals surface area contributed by atoms with Crippen molar-refractivity contribution < 1.29 is 80.2 Å². The topological polar surface area (TPSA) is 237 Å². The molecule has 504 valence electrons. The van der Waals surface area contributed by atoms with Gasteiger partial charge >= 0.3 is 39.5 Å². The van der Waals surface area contributed by atoms with E-state index in [1.165, 1.54) is 122 Å². The van der Waals surface area contributed by atoms with Gasteiger partial charge in [0.05, 0.1) is 26.4 Å². The number of rotatable bonds is 64. The maximum absolute atomic E-state index is 13.0. The number of hydrogen-bond donors (Lipinski definition) is 3. The number of aliphatic hydroxyl groups excluding tert-OH is 1. The highest BCUT2D eigenvalue weighted by molar-refractivity contribution is 7.47. The van der Waals surface area contributed by atoms with E-state index < -0.39 is 97.5 Å². The first kappa shape index (κ1) is 83.1. The van der Waals surface area contributed by atoms with Gasteiger partial charge in [0.25, 0.3) is 0 Å². The van der Waals surface area contributed by atoms with Crippen LogP contribution < -0.4 is 0 Å². The highest BCUT2D eigenvalue weighted by atomic mass is 31.2. The van der Waals surface area contributed by atoms with Crippen LogP contribution in [-0.4, -0.2) is 96.7 Å². The van der Waals surface area contributed by atoms with Crippen LogP contribution in [0.5, 0.6) is 0 Å². The molecular weight excluding hydrogens is 1130 g/mol. The van der Waals surface area contributed by atoms with E-state index in [0.717, 1.165) is 115 Å². The van der Waals surface area contributed by atoms with E-state index in [1.54, 1.807) is 0 Å². The van der Waals surface area contributed by atoms with Crippen molar-refractivity contribution in [3.63, 3.8) is 0 Å². The van der Waals surface area contributed by atoms with Gasteiger partial charge in [-0.3, -0.25) is 37.3 Å². The summed E-state index contributed by atoms with van der Waals surface area (Å²) in [5.74, 6) is 0.106. The van der Waals surface area contributed by atoms with Crippen LogP contribution in [0, 0.1) is 17.8 Å². The summed E-state index contributed by atoms with van der Waals surface area (Å²) in [5, 5.41) is 10.5. The zero-order chi connectivity index (χ0) is 63.1. The minimum atomic E-state index is -4.95. The summed E-state index contributed by atoms with van der Waals surface area (Å²) in [7, 11) is -9.89. The summed E-state index contributed by atoms with van der Waals surface area (Å²) >= 11 is 0. The van der Waals surface area contributed by atoms with Crippen LogP contribution in [0.3, 0.4) is 0 Å². The van der Waals surface area contributed by atoms with Crippen LogP contribution in [0.25, 0.3) is 0 Å². The molecule has 0 radical (unpaired) electrons. The molecule has 19 heteroatoms. The fourth-order valence-corrected chi connectivity index (χ4v) is 11.3. The Morgan fingerprint density at radius 1 is 0.341 bits per heavy atom. The molecule has 0 aliphatic carbocycles. The van der Waals surface area contributed by atoms with E-state index in [9.17, 15) is 43.2 Å². The Bertz CT molecular complexity index is 1690. The van der Waals surface area contributed by atoms with Crippen molar-refractivity contribution in [1.82, 2.24) is 0 Å². The Hall–Kier alpha value is -1.94. The molecule has 0 aliphatic rings. The molecule has 0 saturated heterocycles. The van der Waals surface area contributed by atoms with Crippen LogP contribution in [-0.2, 0) is 65.4 Å². The van der Waals surface area contributed by atoms with E-state index in [2.05, 4.69) is 48.5 Å². The van der Waals surface area contributed by atoms with Gasteiger partial charge in [-0.2, -0.15) is 0 Å². The number of carbonyl (C=O) groups is 4. The molecule has 7 atom stereocenters. The summed E-state index contributed by atoms with van der Waals surface area (Å²) in [6.45, 7) is 11.7. The van der Waals surface area contributed by atoms with Crippen molar-refractivity contribution in [3.8, 4) is 0 Å². The second kappa shape index (κ2) is 57.2. The molecule has 0 amide bonds. The van der Waals surface area contributed by atoms with Crippen molar-refractivity contribution >= 4 is 39.5 Å². The fourth-order valence-electron chi connectivity index (χ4n) is 9.77. The zero-order valence-electron chi connectivity index (χ0n) is 55.1. The Morgan fingerprint density at radius 2 is 0.600 bits per heavy atom. The maximum Gasteiger partial charge on any atom is 0.472 e. The lowest BCUT2D eigenvalue weighted by Crippen LogP contribution is -2.30. The van der Waals surface area contributed by atoms with Crippen LogP contribution in [0.4, 0.5) is 0 Å². The minimum Gasteiger partial charge on any atom is -0.462 e. The van der Waals surface area contributed by atoms with Crippen LogP contribution in [0.1, 0.15) is 325 Å². The molecule has 0 rings (SSSR count). The fraction of sp³-hybridized carbons (Fsp3) is 0.939. The average molecular weight is 1260 g/mol. The molecule has 0 aromatic heterocycles. The lowest BCUT2D eigenvalue weighted by molar-refractivity contribution is -0.161. The normalized spacial score (nSPS) is 15.0. The lowest BCUT2D eigenvalue weighted by atomic mass is 9.99. The summed E-state index contributed by atoms with van der Waals surface area (Å²) in [6.07, 6.45) is 39.2. The van der Waals surface area contributed by atoms with Gasteiger partial charge in [0.15, 0.2) is 12.2 Å². The monoisotopic (exact) mass is 1250 g/mol. The smallest absolute Gasteiger partial charge is 0.462 e. The molecule has 0 aliphatic heterocycles. The first-order valence-electron chi connectivity index (χ1n) is 34.4. The van der Waals surface area contributed by atoms with Crippen molar-refractivity contribution in [3.05, 3.63) is 0 Å². The summed E-state index contributed by atoms with van der Waals surface area (Å²) in [4.78, 5) is 72.2. The highest BCUT2D eigenvalue weighted by Crippen LogP contribution is 2.45. The molecule has 17 nitrogen and oxygen atoms in total. The summed E-state index contributed by atoms with van der Waals surface area (Å²) in [6, 6.07) is 0. The predicted molar refractivity (Wildman–Crippen MR) is 340 cm³/mol. The SMILES string of the molecule is CCCCCCCCCCC(=O)OC[C@H](COP(=O)(O)OC[C@H](O)COP(=O)(O)OC[C@@H](COC(=O)CCCCCCCCC(C)CC)OC(=O)CCCCCCCCCCCCCCCCC(C)CC)OC(=O)CCCCCCCCC(C)C. The quantitative estimate of drug-likeness (QED) is 0.0222. The van der Waals surface area contributed by atoms with E-state index in [0.29, 0.717) is 31.6 Å². The molecule has 0 heterocycles. The molecule has 0 aromatic carbocycles. The van der Waals surface area contributed by atoms with E-state index in [-0.39, 0.29) is 25.7 Å². The predicted octanol–water partition coefficient (Wildman–Crippen LogP) is 18.3. The highest BCUT2D eigenvalue weighted by Gasteiger charge is 2.30. The Morgan fingerprint density at radius 3 is 0.894 bits per heavy atom. The number of carbonyl (C=O) groups excluding carboxylic acids is 4. The first-order chi connectivity index (χ1) is 40.8. The molecule has 0 saturated carbocycles. The van der Waals surface area contributed by atoms with Crippen molar-refractivity contribution in [2.45, 2.75) is 343 Å². The Kier molecular flexibility index (Phi) is 55.9.